The van der Waals surface area contributed by atoms with Crippen molar-refractivity contribution in [3.8, 4) is 0 Å². The van der Waals surface area contributed by atoms with Crippen molar-refractivity contribution < 1.29 is 14.5 Å². The molecule has 40 heavy (non-hydrogen) atoms. The smallest absolute Gasteiger partial charge is 0.325 e. The molecule has 3 N–H and O–H groups in total. The number of piperidine rings is 1. The van der Waals surface area contributed by atoms with Gasteiger partial charge in [0.25, 0.3) is 5.69 Å². The molecular weight excluding hydrogens is 530 g/mol. The molecule has 2 fully saturated rings. The summed E-state index contributed by atoms with van der Waals surface area (Å²) >= 11 is 0. The van der Waals surface area contributed by atoms with Gasteiger partial charge in [-0.15, -0.1) is 12.4 Å². The summed E-state index contributed by atoms with van der Waals surface area (Å²) in [5.41, 5.74) is 8.35. The number of nitrogens with zero attached hydrogens (tertiary/aromatic N) is 3. The highest BCUT2D eigenvalue weighted by molar-refractivity contribution is 5.85. The Labute approximate surface area is 243 Å². The molecule has 4 rings (SSSR count). The van der Waals surface area contributed by atoms with Crippen LogP contribution in [0.2, 0.25) is 0 Å². The summed E-state index contributed by atoms with van der Waals surface area (Å²) in [6.07, 6.45) is 13.8. The molecule has 2 aliphatic heterocycles. The van der Waals surface area contributed by atoms with Crippen LogP contribution < -0.4 is 11.1 Å². The lowest BCUT2D eigenvalue weighted by molar-refractivity contribution is -0.384. The van der Waals surface area contributed by atoms with Gasteiger partial charge in [-0.1, -0.05) is 63.3 Å². The summed E-state index contributed by atoms with van der Waals surface area (Å²) in [6.45, 7) is 6.60. The molecule has 2 atom stereocenters. The van der Waals surface area contributed by atoms with E-state index < -0.39 is 10.8 Å². The molecular formula is C30H44ClN5O4. The van der Waals surface area contributed by atoms with E-state index in [2.05, 4.69) is 10.2 Å². The van der Waals surface area contributed by atoms with E-state index in [0.29, 0.717) is 13.0 Å². The number of halogens is 1. The minimum Gasteiger partial charge on any atom is -0.369 e. The van der Waals surface area contributed by atoms with E-state index in [1.54, 1.807) is 17.0 Å². The van der Waals surface area contributed by atoms with Crippen LogP contribution in [0.3, 0.4) is 0 Å². The lowest BCUT2D eigenvalue weighted by Gasteiger charge is -2.38. The number of primary amides is 1. The van der Waals surface area contributed by atoms with Crippen LogP contribution in [-0.4, -0.2) is 52.8 Å². The number of nitro benzene ring substituents is 1. The van der Waals surface area contributed by atoms with E-state index in [1.165, 1.54) is 57.1 Å². The van der Waals surface area contributed by atoms with Crippen LogP contribution in [0.4, 0.5) is 10.5 Å². The normalized spacial score (nSPS) is 21.6. The Kier molecular flexibility index (Phi) is 11.6. The van der Waals surface area contributed by atoms with Crippen LogP contribution in [0.15, 0.2) is 47.8 Å². The molecule has 0 radical (unpaired) electrons. The standard InChI is InChI=1S/C30H43N5O4.ClH/c1-3-27-18-25(23-9-11-28(12-10-23)35(38)39)17-21(2)34(27)30(37)32-19-26(29(31)36)20-33-15-13-24(14-16-33)22-7-5-4-6-8-22;/h9-12,17-18,22,24-26H,3-8,13-16,19-20H2,1-2H3,(H2,31,36)(H,32,37);1H. The van der Waals surface area contributed by atoms with Crippen LogP contribution >= 0.6 is 12.4 Å². The molecule has 220 valence electrons. The van der Waals surface area contributed by atoms with Crippen molar-refractivity contribution in [3.63, 3.8) is 0 Å². The number of allylic oxidation sites excluding steroid dienone is 4. The number of amides is 3. The molecule has 1 aromatic rings. The first-order valence-corrected chi connectivity index (χ1v) is 14.5. The quantitative estimate of drug-likeness (QED) is 0.289. The number of nitrogens with one attached hydrogen (secondary N) is 1. The fraction of sp³-hybridized carbons (Fsp3) is 0.600. The first-order valence-electron chi connectivity index (χ1n) is 14.5. The number of urea groups is 1. The van der Waals surface area contributed by atoms with Crippen LogP contribution in [0, 0.1) is 27.9 Å². The SMILES string of the molecule is CCC1=CC(c2ccc([N+](=O)[O-])cc2)C=C(C)N1C(=O)NCC(CN1CCC(C2CCCCC2)CC1)C(N)=O.Cl. The summed E-state index contributed by atoms with van der Waals surface area (Å²) in [7, 11) is 0. The van der Waals surface area contributed by atoms with Crippen molar-refractivity contribution in [1.29, 1.82) is 0 Å². The monoisotopic (exact) mass is 573 g/mol. The summed E-state index contributed by atoms with van der Waals surface area (Å²) in [6, 6.07) is 6.23. The number of nitro groups is 1. The number of carbonyl (C=O) groups is 2. The highest BCUT2D eigenvalue weighted by Gasteiger charge is 2.30. The van der Waals surface area contributed by atoms with E-state index in [-0.39, 0.29) is 42.5 Å². The second-order valence-electron chi connectivity index (χ2n) is 11.4. The van der Waals surface area contributed by atoms with Gasteiger partial charge in [-0.3, -0.25) is 19.8 Å². The van der Waals surface area contributed by atoms with Crippen LogP contribution in [-0.2, 0) is 4.79 Å². The van der Waals surface area contributed by atoms with E-state index in [4.69, 9.17) is 5.73 Å². The van der Waals surface area contributed by atoms with Crippen LogP contribution in [0.5, 0.6) is 0 Å². The van der Waals surface area contributed by atoms with Gasteiger partial charge in [-0.05, 0) is 56.7 Å². The molecule has 0 aromatic heterocycles. The van der Waals surface area contributed by atoms with Crippen molar-refractivity contribution in [3.05, 3.63) is 63.5 Å². The Balaban J connectivity index is 0.00000441. The number of likely N-dealkylation sites (tertiary alicyclic amines) is 1. The van der Waals surface area contributed by atoms with Crippen molar-refractivity contribution >= 4 is 30.0 Å². The third-order valence-corrected chi connectivity index (χ3v) is 8.82. The van der Waals surface area contributed by atoms with Gasteiger partial charge in [0.1, 0.15) is 0 Å². The number of hydrogen-bond acceptors (Lipinski definition) is 5. The number of hydrogen-bond donors (Lipinski definition) is 2. The molecule has 1 saturated carbocycles. The van der Waals surface area contributed by atoms with Crippen LogP contribution in [0.25, 0.3) is 0 Å². The number of rotatable bonds is 9. The Hall–Kier alpha value is -2.91. The molecule has 1 saturated heterocycles. The fourth-order valence-corrected chi connectivity index (χ4v) is 6.54. The summed E-state index contributed by atoms with van der Waals surface area (Å²) in [5.74, 6) is 0.751. The highest BCUT2D eigenvalue weighted by Crippen LogP contribution is 2.36. The number of nitrogens with two attached hydrogens (primary N) is 1. The third-order valence-electron chi connectivity index (χ3n) is 8.82. The lowest BCUT2D eigenvalue weighted by Crippen LogP contribution is -2.48. The van der Waals surface area contributed by atoms with Gasteiger partial charge in [0.2, 0.25) is 5.91 Å². The fourth-order valence-electron chi connectivity index (χ4n) is 6.54. The summed E-state index contributed by atoms with van der Waals surface area (Å²) < 4.78 is 0. The van der Waals surface area contributed by atoms with Gasteiger partial charge in [0, 0.05) is 42.5 Å². The predicted octanol–water partition coefficient (Wildman–Crippen LogP) is 5.72. The molecule has 1 aliphatic carbocycles. The largest absolute Gasteiger partial charge is 0.369 e. The first kappa shape index (κ1) is 31.6. The molecule has 0 spiro atoms. The Morgan fingerprint density at radius 1 is 1.05 bits per heavy atom. The summed E-state index contributed by atoms with van der Waals surface area (Å²) in [5, 5.41) is 13.9. The van der Waals surface area contributed by atoms with Crippen molar-refractivity contribution in [2.45, 2.75) is 71.1 Å². The number of benzene rings is 1. The molecule has 2 heterocycles. The Morgan fingerprint density at radius 2 is 1.68 bits per heavy atom. The molecule has 9 nitrogen and oxygen atoms in total. The highest BCUT2D eigenvalue weighted by atomic mass is 35.5. The van der Waals surface area contributed by atoms with Gasteiger partial charge in [0.05, 0.1) is 10.8 Å². The van der Waals surface area contributed by atoms with E-state index in [9.17, 15) is 19.7 Å². The van der Waals surface area contributed by atoms with Gasteiger partial charge < -0.3 is 16.0 Å². The molecule has 2 unspecified atom stereocenters. The van der Waals surface area contributed by atoms with E-state index in [0.717, 1.165) is 41.9 Å². The minimum atomic E-state index is -0.448. The zero-order valence-corrected chi connectivity index (χ0v) is 24.5. The molecule has 3 aliphatic rings. The average molecular weight is 574 g/mol. The first-order chi connectivity index (χ1) is 18.8. The van der Waals surface area contributed by atoms with Gasteiger partial charge in [0.15, 0.2) is 0 Å². The zero-order valence-electron chi connectivity index (χ0n) is 23.7. The van der Waals surface area contributed by atoms with Gasteiger partial charge in [-0.25, -0.2) is 4.79 Å². The van der Waals surface area contributed by atoms with Crippen molar-refractivity contribution in [2.75, 3.05) is 26.2 Å². The Morgan fingerprint density at radius 3 is 2.25 bits per heavy atom. The molecule has 0 bridgehead atoms. The zero-order chi connectivity index (χ0) is 27.9. The van der Waals surface area contributed by atoms with Gasteiger partial charge in [-0.2, -0.15) is 0 Å². The lowest BCUT2D eigenvalue weighted by atomic mass is 9.76. The van der Waals surface area contributed by atoms with E-state index in [1.807, 2.05) is 26.0 Å². The maximum atomic E-state index is 13.3. The minimum absolute atomic E-state index is 0. The number of carbonyl (C=O) groups excluding carboxylic acids is 2. The topological polar surface area (TPSA) is 122 Å². The molecule has 1 aromatic carbocycles. The second kappa shape index (κ2) is 14.6. The predicted molar refractivity (Wildman–Crippen MR) is 159 cm³/mol. The maximum Gasteiger partial charge on any atom is 0.325 e. The molecule has 3 amide bonds. The van der Waals surface area contributed by atoms with E-state index >= 15 is 0 Å². The summed E-state index contributed by atoms with van der Waals surface area (Å²) in [4.78, 5) is 40.1. The maximum absolute atomic E-state index is 13.3. The number of non-ortho nitro benzene ring substituents is 1. The third kappa shape index (κ3) is 7.85. The average Bonchev–Trinajstić information content (AvgIpc) is 2.95. The van der Waals surface area contributed by atoms with Crippen LogP contribution in [0.1, 0.15) is 76.7 Å². The van der Waals surface area contributed by atoms with Crippen molar-refractivity contribution in [1.82, 2.24) is 15.1 Å². The van der Waals surface area contributed by atoms with Gasteiger partial charge >= 0.3 is 6.03 Å². The molecule has 10 heteroatoms. The van der Waals surface area contributed by atoms with Crippen molar-refractivity contribution in [2.24, 2.45) is 23.5 Å². The second-order valence-corrected chi connectivity index (χ2v) is 11.4. The Bertz CT molecular complexity index is 1090.